The second kappa shape index (κ2) is 7.97. The third-order valence-corrected chi connectivity index (χ3v) is 4.20. The molecule has 120 valence electrons. The highest BCUT2D eigenvalue weighted by Crippen LogP contribution is 2.18. The van der Waals surface area contributed by atoms with Crippen molar-refractivity contribution in [3.63, 3.8) is 0 Å². The Morgan fingerprint density at radius 2 is 2.05 bits per heavy atom. The Labute approximate surface area is 128 Å². The molecule has 0 amide bonds. The lowest BCUT2D eigenvalue weighted by Crippen LogP contribution is -2.53. The summed E-state index contributed by atoms with van der Waals surface area (Å²) in [4.78, 5) is 4.99. The predicted molar refractivity (Wildman–Crippen MR) is 85.3 cm³/mol. The zero-order chi connectivity index (χ0) is 15.2. The molecule has 1 N–H and O–H groups in total. The quantitative estimate of drug-likeness (QED) is 0.838. The van der Waals surface area contributed by atoms with E-state index in [0.717, 1.165) is 57.1 Å². The van der Waals surface area contributed by atoms with Crippen molar-refractivity contribution >= 4 is 0 Å². The van der Waals surface area contributed by atoms with Crippen molar-refractivity contribution in [3.8, 4) is 0 Å². The molecule has 2 rings (SSSR count). The van der Waals surface area contributed by atoms with Crippen LogP contribution in [0.4, 0.5) is 0 Å². The van der Waals surface area contributed by atoms with Gasteiger partial charge in [0.2, 0.25) is 0 Å². The number of aliphatic hydroxyl groups is 1. The maximum absolute atomic E-state index is 9.32. The second-order valence-electron chi connectivity index (χ2n) is 6.51. The van der Waals surface area contributed by atoms with Crippen LogP contribution in [-0.2, 0) is 13.0 Å². The summed E-state index contributed by atoms with van der Waals surface area (Å²) in [6.07, 6.45) is 1.82. The molecule has 1 aromatic heterocycles. The van der Waals surface area contributed by atoms with E-state index < -0.39 is 0 Å². The van der Waals surface area contributed by atoms with Gasteiger partial charge in [-0.05, 0) is 24.5 Å². The molecular weight excluding hydrogens is 264 g/mol. The van der Waals surface area contributed by atoms with Gasteiger partial charge in [-0.1, -0.05) is 20.8 Å². The van der Waals surface area contributed by atoms with E-state index in [-0.39, 0.29) is 6.61 Å². The van der Waals surface area contributed by atoms with Crippen LogP contribution in [0.1, 0.15) is 38.7 Å². The number of aliphatic hydroxyl groups excluding tert-OH is 1. The first-order chi connectivity index (χ1) is 10.1. The SMILES string of the molecule is CCc1ccc(CN2CCN(CC(C)C)C(CCO)C2)o1. The molecular formula is C17H30N2O2. The highest BCUT2D eigenvalue weighted by atomic mass is 16.3. The highest BCUT2D eigenvalue weighted by Gasteiger charge is 2.27. The number of rotatable bonds is 7. The first-order valence-electron chi connectivity index (χ1n) is 8.27. The summed E-state index contributed by atoms with van der Waals surface area (Å²) >= 11 is 0. The van der Waals surface area contributed by atoms with E-state index in [0.29, 0.717) is 12.0 Å². The smallest absolute Gasteiger partial charge is 0.118 e. The minimum Gasteiger partial charge on any atom is -0.465 e. The summed E-state index contributed by atoms with van der Waals surface area (Å²) in [6, 6.07) is 4.64. The van der Waals surface area contributed by atoms with Crippen LogP contribution in [0.2, 0.25) is 0 Å². The van der Waals surface area contributed by atoms with Gasteiger partial charge in [0.15, 0.2) is 0 Å². The lowest BCUT2D eigenvalue weighted by atomic mass is 10.1. The van der Waals surface area contributed by atoms with Gasteiger partial charge in [0.05, 0.1) is 6.54 Å². The van der Waals surface area contributed by atoms with Gasteiger partial charge in [-0.15, -0.1) is 0 Å². The molecule has 0 aromatic carbocycles. The van der Waals surface area contributed by atoms with Crippen LogP contribution in [0.3, 0.4) is 0 Å². The van der Waals surface area contributed by atoms with E-state index in [2.05, 4.69) is 42.7 Å². The van der Waals surface area contributed by atoms with Gasteiger partial charge in [0.1, 0.15) is 11.5 Å². The summed E-state index contributed by atoms with van der Waals surface area (Å²) in [5.74, 6) is 2.80. The molecule has 0 aliphatic carbocycles. The van der Waals surface area contributed by atoms with Crippen LogP contribution in [0, 0.1) is 5.92 Å². The van der Waals surface area contributed by atoms with Gasteiger partial charge in [0, 0.05) is 45.2 Å². The molecule has 1 fully saturated rings. The van der Waals surface area contributed by atoms with Crippen LogP contribution in [0.5, 0.6) is 0 Å². The third kappa shape index (κ3) is 4.83. The van der Waals surface area contributed by atoms with E-state index in [4.69, 9.17) is 4.42 Å². The Kier molecular flexibility index (Phi) is 6.27. The first kappa shape index (κ1) is 16.5. The molecule has 0 bridgehead atoms. The zero-order valence-corrected chi connectivity index (χ0v) is 13.7. The van der Waals surface area contributed by atoms with Crippen molar-refractivity contribution in [1.29, 1.82) is 0 Å². The fourth-order valence-electron chi connectivity index (χ4n) is 3.15. The maximum atomic E-state index is 9.32. The molecule has 4 nitrogen and oxygen atoms in total. The Bertz CT molecular complexity index is 417. The van der Waals surface area contributed by atoms with Gasteiger partial charge in [-0.25, -0.2) is 0 Å². The van der Waals surface area contributed by atoms with E-state index in [1.807, 2.05) is 0 Å². The molecule has 4 heteroatoms. The molecule has 1 atom stereocenters. The molecule has 0 saturated carbocycles. The average molecular weight is 294 g/mol. The fraction of sp³-hybridized carbons (Fsp3) is 0.765. The maximum Gasteiger partial charge on any atom is 0.118 e. The van der Waals surface area contributed by atoms with Gasteiger partial charge in [-0.3, -0.25) is 9.80 Å². The van der Waals surface area contributed by atoms with Crippen molar-refractivity contribution < 1.29 is 9.52 Å². The molecule has 2 heterocycles. The minimum atomic E-state index is 0.272. The number of furan rings is 1. The monoisotopic (exact) mass is 294 g/mol. The summed E-state index contributed by atoms with van der Waals surface area (Å²) in [7, 11) is 0. The van der Waals surface area contributed by atoms with E-state index in [9.17, 15) is 5.11 Å². The van der Waals surface area contributed by atoms with Gasteiger partial charge < -0.3 is 9.52 Å². The van der Waals surface area contributed by atoms with E-state index >= 15 is 0 Å². The first-order valence-corrected chi connectivity index (χ1v) is 8.27. The van der Waals surface area contributed by atoms with Crippen LogP contribution >= 0.6 is 0 Å². The number of hydrogen-bond acceptors (Lipinski definition) is 4. The number of piperazine rings is 1. The van der Waals surface area contributed by atoms with Gasteiger partial charge in [0.25, 0.3) is 0 Å². The predicted octanol–water partition coefficient (Wildman–Crippen LogP) is 2.37. The number of hydrogen-bond donors (Lipinski definition) is 1. The van der Waals surface area contributed by atoms with Crippen molar-refractivity contribution in [2.24, 2.45) is 5.92 Å². The Hall–Kier alpha value is -0.840. The lowest BCUT2D eigenvalue weighted by Gasteiger charge is -2.42. The molecule has 1 aromatic rings. The van der Waals surface area contributed by atoms with Gasteiger partial charge >= 0.3 is 0 Å². The highest BCUT2D eigenvalue weighted by molar-refractivity contribution is 5.07. The molecule has 21 heavy (non-hydrogen) atoms. The van der Waals surface area contributed by atoms with Crippen LogP contribution in [-0.4, -0.2) is 53.7 Å². The van der Waals surface area contributed by atoms with Crippen LogP contribution in [0.15, 0.2) is 16.5 Å². The standard InChI is InChI=1S/C17H30N2O2/c1-4-16-5-6-17(21-16)13-18-8-9-19(11-14(2)3)15(12-18)7-10-20/h5-6,14-15,20H,4,7-13H2,1-3H3. The Morgan fingerprint density at radius 3 is 2.67 bits per heavy atom. The van der Waals surface area contributed by atoms with Crippen LogP contribution < -0.4 is 0 Å². The summed E-state index contributed by atoms with van der Waals surface area (Å²) in [5, 5.41) is 9.32. The average Bonchev–Trinajstić information content (AvgIpc) is 2.89. The Balaban J connectivity index is 1.91. The van der Waals surface area contributed by atoms with Crippen molar-refractivity contribution in [1.82, 2.24) is 9.80 Å². The summed E-state index contributed by atoms with van der Waals surface area (Å²) in [6.45, 7) is 12.1. The topological polar surface area (TPSA) is 39.9 Å². The fourth-order valence-corrected chi connectivity index (χ4v) is 3.15. The molecule has 1 aliphatic heterocycles. The normalized spacial score (nSPS) is 21.3. The van der Waals surface area contributed by atoms with Gasteiger partial charge in [-0.2, -0.15) is 0 Å². The second-order valence-corrected chi connectivity index (χ2v) is 6.51. The summed E-state index contributed by atoms with van der Waals surface area (Å²) in [5.41, 5.74) is 0. The molecule has 1 saturated heterocycles. The zero-order valence-electron chi connectivity index (χ0n) is 13.7. The number of nitrogens with zero attached hydrogens (tertiary/aromatic N) is 2. The van der Waals surface area contributed by atoms with Crippen molar-refractivity contribution in [2.45, 2.75) is 46.2 Å². The van der Waals surface area contributed by atoms with E-state index in [1.54, 1.807) is 0 Å². The minimum absolute atomic E-state index is 0.272. The largest absolute Gasteiger partial charge is 0.465 e. The molecule has 0 spiro atoms. The lowest BCUT2D eigenvalue weighted by molar-refractivity contribution is 0.0445. The third-order valence-electron chi connectivity index (χ3n) is 4.20. The molecule has 1 unspecified atom stereocenters. The van der Waals surface area contributed by atoms with E-state index in [1.165, 1.54) is 0 Å². The molecule has 0 radical (unpaired) electrons. The van der Waals surface area contributed by atoms with Crippen molar-refractivity contribution in [3.05, 3.63) is 23.7 Å². The Morgan fingerprint density at radius 1 is 1.29 bits per heavy atom. The number of aryl methyl sites for hydroxylation is 1. The van der Waals surface area contributed by atoms with Crippen molar-refractivity contribution in [2.75, 3.05) is 32.8 Å². The summed E-state index contributed by atoms with van der Waals surface area (Å²) < 4.78 is 5.82. The molecule has 1 aliphatic rings. The van der Waals surface area contributed by atoms with Crippen LogP contribution in [0.25, 0.3) is 0 Å².